The Morgan fingerprint density at radius 1 is 1.06 bits per heavy atom. The molecule has 12 heteroatoms. The van der Waals surface area contributed by atoms with Gasteiger partial charge in [0, 0.05) is 47.7 Å². The molecule has 1 aliphatic carbocycles. The van der Waals surface area contributed by atoms with Gasteiger partial charge >= 0.3 is 0 Å². The van der Waals surface area contributed by atoms with E-state index in [0.717, 1.165) is 77.5 Å². The summed E-state index contributed by atoms with van der Waals surface area (Å²) in [5, 5.41) is 8.80. The molecular weight excluding hydrogens is 633 g/mol. The van der Waals surface area contributed by atoms with Crippen LogP contribution in [0, 0.1) is 18.8 Å². The molecule has 3 aliphatic rings. The minimum atomic E-state index is -3.65. The molecule has 0 aromatic carbocycles. The molecule has 10 nitrogen and oxygen atoms in total. The van der Waals surface area contributed by atoms with E-state index in [0.29, 0.717) is 45.8 Å². The molecule has 1 saturated heterocycles. The number of hydrogen-bond acceptors (Lipinski definition) is 11. The van der Waals surface area contributed by atoms with Crippen molar-refractivity contribution >= 4 is 37.1 Å². The van der Waals surface area contributed by atoms with Gasteiger partial charge in [-0.1, -0.05) is 25.1 Å². The Morgan fingerprint density at radius 3 is 2.70 bits per heavy atom. The molecule has 244 valence electrons. The molecule has 2 aliphatic heterocycles. The monoisotopic (exact) mass is 670 g/mol. The molecule has 1 N–H and O–H groups in total. The number of nitrogens with one attached hydrogen (secondary N) is 1. The van der Waals surface area contributed by atoms with Gasteiger partial charge in [-0.2, -0.15) is 4.98 Å². The third kappa shape index (κ3) is 5.53. The highest BCUT2D eigenvalue weighted by Crippen LogP contribution is 2.51. The van der Waals surface area contributed by atoms with Gasteiger partial charge < -0.3 is 14.6 Å². The summed E-state index contributed by atoms with van der Waals surface area (Å²) in [5.41, 5.74) is 5.07. The second-order valence-electron chi connectivity index (χ2n) is 13.4. The zero-order valence-electron chi connectivity index (χ0n) is 26.8. The number of hydrogen-bond donors (Lipinski definition) is 1. The molecule has 0 spiro atoms. The molecule has 7 heterocycles. The smallest absolute Gasteiger partial charge is 0.260 e. The van der Waals surface area contributed by atoms with Crippen LogP contribution in [0.1, 0.15) is 80.0 Å². The minimum Gasteiger partial charge on any atom is -0.381 e. The number of aryl methyl sites for hydroxylation is 3. The van der Waals surface area contributed by atoms with Gasteiger partial charge in [-0.3, -0.25) is 9.97 Å². The van der Waals surface area contributed by atoms with E-state index in [9.17, 15) is 8.42 Å². The molecule has 5 aromatic rings. The van der Waals surface area contributed by atoms with E-state index >= 15 is 0 Å². The van der Waals surface area contributed by atoms with E-state index in [-0.39, 0.29) is 23.6 Å². The Hall–Kier alpha value is -3.74. The summed E-state index contributed by atoms with van der Waals surface area (Å²) in [6, 6.07) is 8.28. The maximum absolute atomic E-state index is 14.1. The summed E-state index contributed by atoms with van der Waals surface area (Å²) in [5.74, 6) is 2.05. The van der Waals surface area contributed by atoms with Crippen LogP contribution in [0.15, 0.2) is 46.1 Å². The number of ether oxygens (including phenoxy) is 1. The van der Waals surface area contributed by atoms with Crippen molar-refractivity contribution in [2.75, 3.05) is 24.3 Å². The first kappa shape index (κ1) is 30.6. The molecule has 1 fully saturated rings. The number of rotatable bonds is 8. The molecule has 2 atom stereocenters. The maximum Gasteiger partial charge on any atom is 0.260 e. The van der Waals surface area contributed by atoms with Gasteiger partial charge in [0.1, 0.15) is 5.82 Å². The Labute approximate surface area is 278 Å². The summed E-state index contributed by atoms with van der Waals surface area (Å²) in [6.45, 7) is 7.47. The van der Waals surface area contributed by atoms with E-state index in [1.54, 1.807) is 18.3 Å². The van der Waals surface area contributed by atoms with Crippen LogP contribution >= 0.6 is 11.3 Å². The van der Waals surface area contributed by atoms with Crippen molar-refractivity contribution in [3.63, 3.8) is 0 Å². The number of pyridine rings is 3. The SMILES string of the molecule is Cc1noc(-c2c(CCC3CCOCC3)nc3c(c2-c2cc4ccnc(N[C@@H]5CCc6ncccc65)c4s2)S(=O)(=O)C[C@H]3C(C)C)n1. The fraction of sp³-hybridized carbons (Fsp3) is 0.457. The highest BCUT2D eigenvalue weighted by Gasteiger charge is 2.43. The molecule has 0 bridgehead atoms. The van der Waals surface area contributed by atoms with Crippen LogP contribution in [0.2, 0.25) is 0 Å². The molecular formula is C35H38N6O4S2. The molecule has 5 aromatic heterocycles. The van der Waals surface area contributed by atoms with E-state index in [1.165, 1.54) is 5.56 Å². The van der Waals surface area contributed by atoms with E-state index in [2.05, 4.69) is 46.4 Å². The number of fused-ring (bicyclic) bond motifs is 3. The lowest BCUT2D eigenvalue weighted by molar-refractivity contribution is 0.0639. The normalized spacial score (nSPS) is 20.6. The Balaban J connectivity index is 1.31. The van der Waals surface area contributed by atoms with Crippen LogP contribution in [-0.2, 0) is 27.4 Å². The lowest BCUT2D eigenvalue weighted by Gasteiger charge is -2.23. The van der Waals surface area contributed by atoms with Crippen molar-refractivity contribution < 1.29 is 17.7 Å². The topological polar surface area (TPSA) is 133 Å². The van der Waals surface area contributed by atoms with Crippen LogP contribution < -0.4 is 5.32 Å². The zero-order valence-corrected chi connectivity index (χ0v) is 28.5. The maximum atomic E-state index is 14.1. The van der Waals surface area contributed by atoms with Crippen molar-refractivity contribution in [3.05, 3.63) is 65.1 Å². The highest BCUT2D eigenvalue weighted by atomic mass is 32.2. The van der Waals surface area contributed by atoms with Gasteiger partial charge in [-0.05, 0) is 86.4 Å². The lowest BCUT2D eigenvalue weighted by atomic mass is 9.89. The fourth-order valence-electron chi connectivity index (χ4n) is 7.45. The second-order valence-corrected chi connectivity index (χ2v) is 16.4. The van der Waals surface area contributed by atoms with Gasteiger partial charge in [0.15, 0.2) is 15.7 Å². The molecule has 47 heavy (non-hydrogen) atoms. The molecule has 8 rings (SSSR count). The average Bonchev–Trinajstić information content (AvgIpc) is 3.85. The van der Waals surface area contributed by atoms with Gasteiger partial charge in [0.2, 0.25) is 0 Å². The van der Waals surface area contributed by atoms with Crippen molar-refractivity contribution in [1.29, 1.82) is 0 Å². The Bertz CT molecular complexity index is 2080. The second kappa shape index (κ2) is 12.1. The van der Waals surface area contributed by atoms with Crippen LogP contribution in [0.3, 0.4) is 0 Å². The van der Waals surface area contributed by atoms with Gasteiger partial charge in [-0.15, -0.1) is 11.3 Å². The van der Waals surface area contributed by atoms with Gasteiger partial charge in [0.25, 0.3) is 5.89 Å². The summed E-state index contributed by atoms with van der Waals surface area (Å²) in [6.07, 6.45) is 9.14. The first-order valence-corrected chi connectivity index (χ1v) is 19.0. The van der Waals surface area contributed by atoms with E-state index in [1.807, 2.05) is 24.5 Å². The third-order valence-corrected chi connectivity index (χ3v) is 13.0. The van der Waals surface area contributed by atoms with Crippen LogP contribution in [-0.4, -0.2) is 52.5 Å². The number of nitrogens with zero attached hydrogens (tertiary/aromatic N) is 5. The lowest BCUT2D eigenvalue weighted by Crippen LogP contribution is -2.17. The summed E-state index contributed by atoms with van der Waals surface area (Å²) < 4.78 is 40.7. The number of sulfone groups is 1. The minimum absolute atomic E-state index is 0.0418. The van der Waals surface area contributed by atoms with Crippen molar-refractivity contribution in [2.45, 2.75) is 76.2 Å². The summed E-state index contributed by atoms with van der Waals surface area (Å²) in [7, 11) is -3.65. The molecule has 0 radical (unpaired) electrons. The quantitative estimate of drug-likeness (QED) is 0.182. The molecule has 0 saturated carbocycles. The predicted octanol–water partition coefficient (Wildman–Crippen LogP) is 7.10. The van der Waals surface area contributed by atoms with Crippen molar-refractivity contribution in [3.8, 4) is 21.9 Å². The number of thiophene rings is 1. The summed E-state index contributed by atoms with van der Waals surface area (Å²) in [4.78, 5) is 20.3. The Morgan fingerprint density at radius 2 is 1.91 bits per heavy atom. The van der Waals surface area contributed by atoms with E-state index in [4.69, 9.17) is 19.2 Å². The zero-order chi connectivity index (χ0) is 32.3. The van der Waals surface area contributed by atoms with Crippen LogP contribution in [0.5, 0.6) is 0 Å². The van der Waals surface area contributed by atoms with Crippen molar-refractivity contribution in [2.24, 2.45) is 11.8 Å². The first-order valence-electron chi connectivity index (χ1n) is 16.5. The third-order valence-electron chi connectivity index (χ3n) is 9.95. The van der Waals surface area contributed by atoms with Crippen LogP contribution in [0.25, 0.3) is 32.0 Å². The number of aromatic nitrogens is 5. The Kier molecular flexibility index (Phi) is 7.84. The largest absolute Gasteiger partial charge is 0.381 e. The highest BCUT2D eigenvalue weighted by molar-refractivity contribution is 7.92. The number of anilines is 1. The van der Waals surface area contributed by atoms with Gasteiger partial charge in [0.05, 0.1) is 38.3 Å². The standard InChI is InChI=1S/C35H38N6O4S2/c1-19(2)24-18-47(42,43)33-30(29(35-38-20(3)41-45-35)27(39-31(24)33)7-6-21-11-15-44-16-12-21)28-17-22-10-14-37-34(32(22)46-28)40-26-9-8-25-23(26)5-4-13-36-25/h4-5,10,13-14,17,19,21,24,26H,6-9,11-12,15-16,18H2,1-3H3,(H,37,40)/t24-,26+/m0/s1. The molecule has 0 amide bonds. The molecule has 0 unspecified atom stereocenters. The average molecular weight is 671 g/mol. The van der Waals surface area contributed by atoms with Crippen LogP contribution in [0.4, 0.5) is 5.82 Å². The van der Waals surface area contributed by atoms with Crippen molar-refractivity contribution in [1.82, 2.24) is 25.1 Å². The predicted molar refractivity (Wildman–Crippen MR) is 181 cm³/mol. The van der Waals surface area contributed by atoms with E-state index < -0.39 is 9.84 Å². The first-order chi connectivity index (χ1) is 22.8. The van der Waals surface area contributed by atoms with Gasteiger partial charge in [-0.25, -0.2) is 13.4 Å². The fourth-order valence-corrected chi connectivity index (χ4v) is 10.9. The summed E-state index contributed by atoms with van der Waals surface area (Å²) >= 11 is 1.55.